The molecule has 18 heavy (non-hydrogen) atoms. The summed E-state index contributed by atoms with van der Waals surface area (Å²) in [5.74, 6) is -1.18. The highest BCUT2D eigenvalue weighted by atomic mass is 16.4. The van der Waals surface area contributed by atoms with Crippen molar-refractivity contribution in [2.75, 3.05) is 30.8 Å². The third-order valence-electron chi connectivity index (χ3n) is 2.61. The number of nitrogens with one attached hydrogen (secondary N) is 1. The molecule has 1 rings (SSSR count). The maximum atomic E-state index is 11.4. The van der Waals surface area contributed by atoms with E-state index >= 15 is 0 Å². The highest BCUT2D eigenvalue weighted by Gasteiger charge is 2.14. The Hall–Kier alpha value is -2.24. The predicted octanol–water partition coefficient (Wildman–Crippen LogP) is 0.539. The fourth-order valence-corrected chi connectivity index (χ4v) is 1.57. The van der Waals surface area contributed by atoms with Crippen molar-refractivity contribution < 1.29 is 14.7 Å². The fourth-order valence-electron chi connectivity index (χ4n) is 1.57. The number of benzene rings is 1. The molecular formula is C12H17N3O3. The van der Waals surface area contributed by atoms with Crippen LogP contribution in [-0.2, 0) is 4.79 Å². The van der Waals surface area contributed by atoms with Crippen LogP contribution in [0.3, 0.4) is 0 Å². The van der Waals surface area contributed by atoms with E-state index in [0.717, 1.165) is 0 Å². The van der Waals surface area contributed by atoms with Gasteiger partial charge in [0.05, 0.1) is 23.5 Å². The molecule has 0 saturated carbocycles. The van der Waals surface area contributed by atoms with Gasteiger partial charge in [-0.05, 0) is 25.1 Å². The number of nitrogens with zero attached hydrogens (tertiary/aromatic N) is 1. The van der Waals surface area contributed by atoms with Gasteiger partial charge in [-0.15, -0.1) is 0 Å². The number of nitrogens with two attached hydrogens (primary N) is 1. The summed E-state index contributed by atoms with van der Waals surface area (Å²) in [7, 11) is 1.55. The molecular weight excluding hydrogens is 234 g/mol. The number of carbonyl (C=O) groups is 2. The van der Waals surface area contributed by atoms with Crippen LogP contribution >= 0.6 is 0 Å². The molecule has 1 aromatic carbocycles. The van der Waals surface area contributed by atoms with Crippen molar-refractivity contribution in [3.05, 3.63) is 23.8 Å². The van der Waals surface area contributed by atoms with Crippen LogP contribution in [0.25, 0.3) is 0 Å². The Morgan fingerprint density at radius 2 is 2.11 bits per heavy atom. The normalized spacial score (nSPS) is 9.89. The lowest BCUT2D eigenvalue weighted by atomic mass is 10.1. The van der Waals surface area contributed by atoms with Gasteiger partial charge in [-0.3, -0.25) is 4.79 Å². The summed E-state index contributed by atoms with van der Waals surface area (Å²) >= 11 is 0. The van der Waals surface area contributed by atoms with E-state index in [1.165, 1.54) is 18.2 Å². The Balaban J connectivity index is 3.07. The summed E-state index contributed by atoms with van der Waals surface area (Å²) in [5.41, 5.74) is 6.97. The molecule has 0 aliphatic heterocycles. The topological polar surface area (TPSA) is 95.7 Å². The minimum absolute atomic E-state index is 0.139. The van der Waals surface area contributed by atoms with Crippen molar-refractivity contribution in [2.24, 2.45) is 0 Å². The van der Waals surface area contributed by atoms with Crippen molar-refractivity contribution in [3.8, 4) is 0 Å². The molecule has 0 aliphatic carbocycles. The summed E-state index contributed by atoms with van der Waals surface area (Å²) in [6.07, 6.45) is 0. The second-order valence-electron chi connectivity index (χ2n) is 3.77. The Kier molecular flexibility index (Phi) is 4.53. The van der Waals surface area contributed by atoms with Gasteiger partial charge in [0.15, 0.2) is 0 Å². The Bertz CT molecular complexity index is 460. The highest BCUT2D eigenvalue weighted by Crippen LogP contribution is 2.24. The van der Waals surface area contributed by atoms with Gasteiger partial charge < -0.3 is 21.1 Å². The minimum Gasteiger partial charge on any atom is -0.478 e. The number of carboxylic acids is 1. The standard InChI is InChI=1S/C12H17N3O3/c1-3-15(7-11(16)14-2)10-6-8(12(17)18)4-5-9(10)13/h4-6H,3,7,13H2,1-2H3,(H,14,16)(H,17,18). The van der Waals surface area contributed by atoms with Crippen LogP contribution in [-0.4, -0.2) is 37.1 Å². The predicted molar refractivity (Wildman–Crippen MR) is 69.8 cm³/mol. The second kappa shape index (κ2) is 5.90. The van der Waals surface area contributed by atoms with Gasteiger partial charge in [0.2, 0.25) is 5.91 Å². The van der Waals surface area contributed by atoms with E-state index in [1.54, 1.807) is 11.9 Å². The van der Waals surface area contributed by atoms with E-state index in [0.29, 0.717) is 17.9 Å². The average molecular weight is 251 g/mol. The van der Waals surface area contributed by atoms with Crippen LogP contribution in [0, 0.1) is 0 Å². The zero-order chi connectivity index (χ0) is 13.7. The Morgan fingerprint density at radius 3 is 2.61 bits per heavy atom. The fraction of sp³-hybridized carbons (Fsp3) is 0.333. The first-order valence-corrected chi connectivity index (χ1v) is 5.58. The molecule has 0 bridgehead atoms. The summed E-state index contributed by atoms with van der Waals surface area (Å²) in [6.45, 7) is 2.57. The van der Waals surface area contributed by atoms with Crippen molar-refractivity contribution in [3.63, 3.8) is 0 Å². The third kappa shape index (κ3) is 3.13. The minimum atomic E-state index is -1.02. The second-order valence-corrected chi connectivity index (χ2v) is 3.77. The molecule has 0 radical (unpaired) electrons. The first kappa shape index (κ1) is 13.8. The lowest BCUT2D eigenvalue weighted by Crippen LogP contribution is -2.36. The van der Waals surface area contributed by atoms with E-state index in [9.17, 15) is 9.59 Å². The summed E-state index contributed by atoms with van der Waals surface area (Å²) in [6, 6.07) is 4.45. The number of carboxylic acid groups (broad SMARTS) is 1. The zero-order valence-corrected chi connectivity index (χ0v) is 10.4. The number of likely N-dealkylation sites (N-methyl/N-ethyl adjacent to an activating group) is 2. The van der Waals surface area contributed by atoms with Crippen molar-refractivity contribution in [2.45, 2.75) is 6.92 Å². The van der Waals surface area contributed by atoms with Gasteiger partial charge in [-0.1, -0.05) is 0 Å². The molecule has 0 saturated heterocycles. The van der Waals surface area contributed by atoms with Crippen LogP contribution in [0.1, 0.15) is 17.3 Å². The van der Waals surface area contributed by atoms with Gasteiger partial charge >= 0.3 is 5.97 Å². The van der Waals surface area contributed by atoms with Crippen molar-refractivity contribution in [1.82, 2.24) is 5.32 Å². The molecule has 6 heteroatoms. The Morgan fingerprint density at radius 1 is 1.44 bits per heavy atom. The van der Waals surface area contributed by atoms with Crippen LogP contribution in [0.2, 0.25) is 0 Å². The van der Waals surface area contributed by atoms with Crippen LogP contribution in [0.5, 0.6) is 0 Å². The van der Waals surface area contributed by atoms with Gasteiger partial charge in [0.1, 0.15) is 0 Å². The maximum Gasteiger partial charge on any atom is 0.335 e. The molecule has 1 amide bonds. The summed E-state index contributed by atoms with van der Waals surface area (Å²) < 4.78 is 0. The van der Waals surface area contributed by atoms with Gasteiger partial charge in [-0.2, -0.15) is 0 Å². The molecule has 0 atom stereocenters. The van der Waals surface area contributed by atoms with E-state index in [2.05, 4.69) is 5.32 Å². The van der Waals surface area contributed by atoms with Gasteiger partial charge in [0, 0.05) is 13.6 Å². The molecule has 0 fully saturated rings. The number of rotatable bonds is 5. The number of carbonyl (C=O) groups excluding carboxylic acids is 1. The number of hydrogen-bond acceptors (Lipinski definition) is 4. The molecule has 1 aromatic rings. The zero-order valence-electron chi connectivity index (χ0n) is 10.4. The lowest BCUT2D eigenvalue weighted by Gasteiger charge is -2.24. The van der Waals surface area contributed by atoms with Crippen LogP contribution in [0.4, 0.5) is 11.4 Å². The van der Waals surface area contributed by atoms with Crippen molar-refractivity contribution >= 4 is 23.3 Å². The largest absolute Gasteiger partial charge is 0.478 e. The molecule has 6 nitrogen and oxygen atoms in total. The van der Waals surface area contributed by atoms with E-state index in [4.69, 9.17) is 10.8 Å². The van der Waals surface area contributed by atoms with Gasteiger partial charge in [0.25, 0.3) is 0 Å². The van der Waals surface area contributed by atoms with Crippen LogP contribution < -0.4 is 16.0 Å². The van der Waals surface area contributed by atoms with E-state index in [-0.39, 0.29) is 18.0 Å². The molecule has 4 N–H and O–H groups in total. The molecule has 0 spiro atoms. The molecule has 0 aromatic heterocycles. The molecule has 0 aliphatic rings. The maximum absolute atomic E-state index is 11.4. The quantitative estimate of drug-likeness (QED) is 0.664. The van der Waals surface area contributed by atoms with E-state index in [1.807, 2.05) is 6.92 Å². The number of nitrogen functional groups attached to an aromatic ring is 1. The summed E-state index contributed by atoms with van der Waals surface area (Å²) in [4.78, 5) is 24.0. The first-order chi connectivity index (χ1) is 8.49. The molecule has 98 valence electrons. The highest BCUT2D eigenvalue weighted by molar-refractivity contribution is 5.91. The number of amides is 1. The molecule has 0 unspecified atom stereocenters. The Labute approximate surface area is 105 Å². The average Bonchev–Trinajstić information content (AvgIpc) is 2.36. The number of anilines is 2. The SMILES string of the molecule is CCN(CC(=O)NC)c1cc(C(=O)O)ccc1N. The van der Waals surface area contributed by atoms with Crippen molar-refractivity contribution in [1.29, 1.82) is 0 Å². The number of hydrogen-bond donors (Lipinski definition) is 3. The molecule has 0 heterocycles. The smallest absolute Gasteiger partial charge is 0.335 e. The first-order valence-electron chi connectivity index (χ1n) is 5.58. The third-order valence-corrected chi connectivity index (χ3v) is 2.61. The van der Waals surface area contributed by atoms with Crippen LogP contribution in [0.15, 0.2) is 18.2 Å². The lowest BCUT2D eigenvalue weighted by molar-refractivity contribution is -0.119. The summed E-state index contributed by atoms with van der Waals surface area (Å²) in [5, 5.41) is 11.5. The number of aromatic carboxylic acids is 1. The monoisotopic (exact) mass is 251 g/mol. The van der Waals surface area contributed by atoms with Gasteiger partial charge in [-0.25, -0.2) is 4.79 Å². The van der Waals surface area contributed by atoms with E-state index < -0.39 is 5.97 Å².